The number of halogens is 2. The van der Waals surface area contributed by atoms with Crippen molar-refractivity contribution in [2.24, 2.45) is 0 Å². The Labute approximate surface area is 255 Å². The molecule has 1 unspecified atom stereocenters. The standard InChI is InChI=1S/C37H30ClFN2O2/c1-36(2)22-37(3,24-13-15-25(38)16-14-24)31-18-26(39)17-28-29(35(43)41(36)34(28)31)19-33(42)30-21-40(20-23-9-5-4-6-10-23)32-12-8-7-11-27(30)32/h4-19,21H,20,22H2,1-3H3/b29-19+. The number of benzene rings is 4. The summed E-state index contributed by atoms with van der Waals surface area (Å²) in [5.74, 6) is -1.02. The number of fused-ring (bicyclic) bond motifs is 1. The van der Waals surface area contributed by atoms with Gasteiger partial charge >= 0.3 is 0 Å². The van der Waals surface area contributed by atoms with E-state index in [9.17, 15) is 9.59 Å². The Morgan fingerprint density at radius 1 is 0.953 bits per heavy atom. The number of aromatic nitrogens is 1. The topological polar surface area (TPSA) is 42.3 Å². The molecule has 0 radical (unpaired) electrons. The average molecular weight is 589 g/mol. The third-order valence-corrected chi connectivity index (χ3v) is 9.27. The van der Waals surface area contributed by atoms with Gasteiger partial charge in [0.25, 0.3) is 5.91 Å². The fourth-order valence-electron chi connectivity index (χ4n) is 7.20. The van der Waals surface area contributed by atoms with Crippen LogP contribution in [0.15, 0.2) is 103 Å². The molecule has 6 heteroatoms. The van der Waals surface area contributed by atoms with E-state index in [2.05, 4.69) is 11.5 Å². The highest BCUT2D eigenvalue weighted by Gasteiger charge is 2.53. The molecule has 1 amide bonds. The number of para-hydroxylation sites is 1. The minimum absolute atomic E-state index is 0.217. The minimum Gasteiger partial charge on any atom is -0.342 e. The number of hydrogen-bond acceptors (Lipinski definition) is 2. The number of hydrogen-bond donors (Lipinski definition) is 0. The molecule has 4 nitrogen and oxygen atoms in total. The van der Waals surface area contributed by atoms with Gasteiger partial charge in [-0.25, -0.2) is 4.39 Å². The molecule has 0 saturated carbocycles. The number of ketones is 1. The summed E-state index contributed by atoms with van der Waals surface area (Å²) in [4.78, 5) is 29.9. The monoisotopic (exact) mass is 588 g/mol. The molecule has 0 fully saturated rings. The number of rotatable bonds is 5. The fourth-order valence-corrected chi connectivity index (χ4v) is 7.32. The summed E-state index contributed by atoms with van der Waals surface area (Å²) in [6.07, 6.45) is 3.82. The highest BCUT2D eigenvalue weighted by atomic mass is 35.5. The van der Waals surface area contributed by atoms with Crippen LogP contribution >= 0.6 is 11.6 Å². The first-order valence-electron chi connectivity index (χ1n) is 14.4. The van der Waals surface area contributed by atoms with Crippen LogP contribution in [0.2, 0.25) is 5.02 Å². The SMILES string of the molecule is CC1(c2ccc(Cl)cc2)CC(C)(C)N2C(=O)/C(=C/C(=O)c3cn(Cc4ccccc4)c4ccccc34)c3cc(F)cc1c32. The van der Waals surface area contributed by atoms with Gasteiger partial charge in [-0.2, -0.15) is 0 Å². The van der Waals surface area contributed by atoms with Gasteiger partial charge in [0, 0.05) is 50.7 Å². The molecule has 5 aromatic rings. The predicted molar refractivity (Wildman–Crippen MR) is 170 cm³/mol. The van der Waals surface area contributed by atoms with E-state index in [1.165, 1.54) is 18.2 Å². The van der Waals surface area contributed by atoms with Crippen LogP contribution in [0.1, 0.15) is 59.8 Å². The van der Waals surface area contributed by atoms with E-state index >= 15 is 4.39 Å². The Balaban J connectivity index is 1.36. The molecule has 2 aliphatic heterocycles. The van der Waals surface area contributed by atoms with Crippen LogP contribution in [-0.2, 0) is 16.8 Å². The zero-order valence-corrected chi connectivity index (χ0v) is 25.0. The molecule has 1 atom stereocenters. The van der Waals surface area contributed by atoms with Crippen molar-refractivity contribution in [1.29, 1.82) is 0 Å². The fraction of sp³-hybridized carbons (Fsp3) is 0.189. The predicted octanol–water partition coefficient (Wildman–Crippen LogP) is 8.58. The Morgan fingerprint density at radius 3 is 2.40 bits per heavy atom. The van der Waals surface area contributed by atoms with Crippen molar-refractivity contribution in [2.75, 3.05) is 4.90 Å². The van der Waals surface area contributed by atoms with E-state index in [1.54, 1.807) is 4.90 Å². The van der Waals surface area contributed by atoms with Crippen molar-refractivity contribution in [3.63, 3.8) is 0 Å². The molecule has 2 aliphatic rings. The summed E-state index contributed by atoms with van der Waals surface area (Å²) < 4.78 is 17.4. The molecule has 0 bridgehead atoms. The number of nitrogens with zero attached hydrogens (tertiary/aromatic N) is 2. The molecule has 214 valence electrons. The second-order valence-electron chi connectivity index (χ2n) is 12.4. The Kier molecular flexibility index (Phi) is 6.22. The van der Waals surface area contributed by atoms with Gasteiger partial charge in [-0.15, -0.1) is 0 Å². The summed E-state index contributed by atoms with van der Waals surface area (Å²) in [6, 6.07) is 28.4. The van der Waals surface area contributed by atoms with E-state index in [4.69, 9.17) is 11.6 Å². The normalized spacial score (nSPS) is 19.7. The average Bonchev–Trinajstić information content (AvgIpc) is 3.48. The Morgan fingerprint density at radius 2 is 1.65 bits per heavy atom. The van der Waals surface area contributed by atoms with Gasteiger partial charge in [0.05, 0.1) is 11.3 Å². The molecule has 3 heterocycles. The minimum atomic E-state index is -0.602. The highest BCUT2D eigenvalue weighted by Crippen LogP contribution is 2.56. The summed E-state index contributed by atoms with van der Waals surface area (Å²) in [5.41, 5.74) is 4.43. The van der Waals surface area contributed by atoms with Gasteiger partial charge in [0.1, 0.15) is 5.82 Å². The summed E-state index contributed by atoms with van der Waals surface area (Å²) in [7, 11) is 0. The third kappa shape index (κ3) is 4.33. The maximum absolute atomic E-state index is 15.4. The van der Waals surface area contributed by atoms with Crippen LogP contribution in [0.5, 0.6) is 0 Å². The smallest absolute Gasteiger partial charge is 0.259 e. The third-order valence-electron chi connectivity index (χ3n) is 9.01. The number of allylic oxidation sites excluding steroid dienone is 1. The van der Waals surface area contributed by atoms with Gasteiger partial charge in [-0.05, 0) is 73.4 Å². The van der Waals surface area contributed by atoms with E-state index in [0.29, 0.717) is 34.8 Å². The van der Waals surface area contributed by atoms with Crippen molar-refractivity contribution < 1.29 is 14.0 Å². The summed E-state index contributed by atoms with van der Waals surface area (Å²) >= 11 is 6.20. The van der Waals surface area contributed by atoms with Gasteiger partial charge in [-0.3, -0.25) is 9.59 Å². The summed E-state index contributed by atoms with van der Waals surface area (Å²) in [5, 5.41) is 1.43. The molecule has 0 saturated heterocycles. The van der Waals surface area contributed by atoms with E-state index in [-0.39, 0.29) is 17.3 Å². The van der Waals surface area contributed by atoms with Crippen LogP contribution in [-0.4, -0.2) is 21.8 Å². The second-order valence-corrected chi connectivity index (χ2v) is 12.9. The first-order chi connectivity index (χ1) is 20.6. The lowest BCUT2D eigenvalue weighted by molar-refractivity contribution is -0.114. The maximum Gasteiger partial charge on any atom is 0.259 e. The molecule has 0 spiro atoms. The quantitative estimate of drug-likeness (QED) is 0.152. The molecule has 43 heavy (non-hydrogen) atoms. The summed E-state index contributed by atoms with van der Waals surface area (Å²) in [6.45, 7) is 6.74. The van der Waals surface area contributed by atoms with Crippen LogP contribution in [0.4, 0.5) is 10.1 Å². The second kappa shape index (κ2) is 9.78. The van der Waals surface area contributed by atoms with E-state index in [0.717, 1.165) is 27.6 Å². The van der Waals surface area contributed by atoms with Crippen LogP contribution in [0.3, 0.4) is 0 Å². The molecule has 0 aliphatic carbocycles. The molecular formula is C37H30ClFN2O2. The lowest BCUT2D eigenvalue weighted by atomic mass is 9.65. The van der Waals surface area contributed by atoms with E-state index in [1.807, 2.05) is 98.9 Å². The van der Waals surface area contributed by atoms with Crippen LogP contribution in [0, 0.1) is 5.82 Å². The zero-order valence-electron chi connectivity index (χ0n) is 24.2. The Hall–Kier alpha value is -4.48. The largest absolute Gasteiger partial charge is 0.342 e. The van der Waals surface area contributed by atoms with Crippen molar-refractivity contribution in [2.45, 2.75) is 44.7 Å². The van der Waals surface area contributed by atoms with Crippen LogP contribution < -0.4 is 4.90 Å². The zero-order chi connectivity index (χ0) is 30.1. The van der Waals surface area contributed by atoms with Gasteiger partial charge < -0.3 is 9.47 Å². The number of carbonyl (C=O) groups is 2. The Bertz CT molecular complexity index is 1970. The lowest BCUT2D eigenvalue weighted by Crippen LogP contribution is -2.54. The van der Waals surface area contributed by atoms with Crippen molar-refractivity contribution in [1.82, 2.24) is 4.57 Å². The highest BCUT2D eigenvalue weighted by molar-refractivity contribution is 6.37. The van der Waals surface area contributed by atoms with E-state index < -0.39 is 16.8 Å². The molecule has 4 aromatic carbocycles. The first kappa shape index (κ1) is 27.4. The number of carbonyl (C=O) groups excluding carboxylic acids is 2. The number of amides is 1. The first-order valence-corrected chi connectivity index (χ1v) is 14.8. The molecule has 0 N–H and O–H groups in total. The van der Waals surface area contributed by atoms with Gasteiger partial charge in [0.2, 0.25) is 0 Å². The van der Waals surface area contributed by atoms with Gasteiger partial charge in [-0.1, -0.05) is 79.2 Å². The number of anilines is 1. The van der Waals surface area contributed by atoms with Crippen LogP contribution in [0.25, 0.3) is 16.5 Å². The molecule has 7 rings (SSSR count). The van der Waals surface area contributed by atoms with Crippen molar-refractivity contribution in [3.8, 4) is 0 Å². The van der Waals surface area contributed by atoms with Crippen molar-refractivity contribution >= 4 is 45.5 Å². The molecule has 1 aromatic heterocycles. The maximum atomic E-state index is 15.4. The lowest BCUT2D eigenvalue weighted by Gasteiger charge is -2.49. The van der Waals surface area contributed by atoms with Gasteiger partial charge in [0.15, 0.2) is 5.78 Å². The molecular weight excluding hydrogens is 559 g/mol. The van der Waals surface area contributed by atoms with Crippen molar-refractivity contribution in [3.05, 3.63) is 142 Å².